The molecule has 1 aromatic carbocycles. The van der Waals surface area contributed by atoms with Crippen LogP contribution >= 0.6 is 0 Å². The summed E-state index contributed by atoms with van der Waals surface area (Å²) in [7, 11) is 0. The summed E-state index contributed by atoms with van der Waals surface area (Å²) < 4.78 is 0. The number of nitrogens with zero attached hydrogens (tertiary/aromatic N) is 1. The Hall–Kier alpha value is -1.33. The third kappa shape index (κ3) is 3.30. The van der Waals surface area contributed by atoms with E-state index in [2.05, 4.69) is 45.9 Å². The lowest BCUT2D eigenvalue weighted by atomic mass is 9.67. The second-order valence-electron chi connectivity index (χ2n) is 7.73. The Kier molecular flexibility index (Phi) is 4.44. The van der Waals surface area contributed by atoms with E-state index >= 15 is 0 Å². The Labute approximate surface area is 128 Å². The lowest BCUT2D eigenvalue weighted by molar-refractivity contribution is 0.0266. The number of aliphatic hydroxyl groups excluding tert-OH is 1. The van der Waals surface area contributed by atoms with Gasteiger partial charge < -0.3 is 5.11 Å². The molecule has 1 aromatic rings. The highest BCUT2D eigenvalue weighted by molar-refractivity contribution is 5.30. The highest BCUT2D eigenvalue weighted by Crippen LogP contribution is 2.47. The van der Waals surface area contributed by atoms with E-state index in [9.17, 15) is 10.4 Å². The molecule has 2 rings (SSSR count). The first-order valence-electron chi connectivity index (χ1n) is 7.98. The normalized spacial score (nSPS) is 27.9. The molecule has 0 spiro atoms. The predicted octanol–water partition coefficient (Wildman–Crippen LogP) is 4.74. The molecule has 1 aliphatic rings. The van der Waals surface area contributed by atoms with Gasteiger partial charge in [0.25, 0.3) is 0 Å². The Morgan fingerprint density at radius 2 is 1.71 bits per heavy atom. The minimum atomic E-state index is -0.677. The van der Waals surface area contributed by atoms with Gasteiger partial charge in [-0.2, -0.15) is 5.26 Å². The van der Waals surface area contributed by atoms with E-state index in [-0.39, 0.29) is 5.41 Å². The van der Waals surface area contributed by atoms with Gasteiger partial charge in [0, 0.05) is 0 Å². The maximum absolute atomic E-state index is 10.8. The number of hydrogen-bond acceptors (Lipinski definition) is 2. The summed E-state index contributed by atoms with van der Waals surface area (Å²) >= 11 is 0. The summed E-state index contributed by atoms with van der Waals surface area (Å²) in [6.45, 7) is 8.76. The van der Waals surface area contributed by atoms with Crippen molar-refractivity contribution >= 4 is 0 Å². The minimum absolute atomic E-state index is 0.108. The number of benzene rings is 1. The van der Waals surface area contributed by atoms with Crippen molar-refractivity contribution in [3.8, 4) is 6.07 Å². The molecule has 0 radical (unpaired) electrons. The summed E-state index contributed by atoms with van der Waals surface area (Å²) in [4.78, 5) is 0. The number of nitriles is 1. The van der Waals surface area contributed by atoms with Crippen LogP contribution in [0, 0.1) is 22.7 Å². The van der Waals surface area contributed by atoms with Crippen LogP contribution in [0.15, 0.2) is 24.3 Å². The molecule has 114 valence electrons. The van der Waals surface area contributed by atoms with Crippen molar-refractivity contribution in [2.75, 3.05) is 0 Å². The second kappa shape index (κ2) is 5.81. The molecule has 1 atom stereocenters. The van der Waals surface area contributed by atoms with Crippen LogP contribution in [-0.2, 0) is 5.41 Å². The van der Waals surface area contributed by atoms with E-state index in [0.717, 1.165) is 31.2 Å². The van der Waals surface area contributed by atoms with Crippen molar-refractivity contribution < 1.29 is 5.11 Å². The first-order chi connectivity index (χ1) is 9.78. The van der Waals surface area contributed by atoms with Gasteiger partial charge in [0.2, 0.25) is 0 Å². The quantitative estimate of drug-likeness (QED) is 0.853. The van der Waals surface area contributed by atoms with Gasteiger partial charge in [-0.05, 0) is 48.1 Å². The van der Waals surface area contributed by atoms with E-state index in [0.29, 0.717) is 5.92 Å². The maximum atomic E-state index is 10.8. The summed E-state index contributed by atoms with van der Waals surface area (Å²) in [6.07, 6.45) is 2.98. The summed E-state index contributed by atoms with van der Waals surface area (Å²) in [5.74, 6) is 0.668. The average molecular weight is 285 g/mol. The van der Waals surface area contributed by atoms with E-state index in [1.807, 2.05) is 12.1 Å². The van der Waals surface area contributed by atoms with Gasteiger partial charge in [-0.25, -0.2) is 0 Å². The summed E-state index contributed by atoms with van der Waals surface area (Å²) in [5.41, 5.74) is 1.63. The second-order valence-corrected chi connectivity index (χ2v) is 7.73. The molecule has 1 aliphatic carbocycles. The van der Waals surface area contributed by atoms with Gasteiger partial charge in [0.15, 0.2) is 0 Å². The lowest BCUT2D eigenvalue weighted by Gasteiger charge is -2.37. The molecule has 21 heavy (non-hydrogen) atoms. The highest BCUT2D eigenvalue weighted by Gasteiger charge is 2.41. The standard InChI is InChI=1S/C19H27NO/c1-14-9-11-19(13-20,12-10-14)17(21)15-5-7-16(8-6-15)18(2,3)4/h5-8,14,17,21H,9-12H2,1-4H3. The fourth-order valence-electron chi connectivity index (χ4n) is 3.21. The number of rotatable bonds is 2. The van der Waals surface area contributed by atoms with Crippen LogP contribution in [0.4, 0.5) is 0 Å². The molecule has 1 N–H and O–H groups in total. The van der Waals surface area contributed by atoms with Gasteiger partial charge in [0.1, 0.15) is 0 Å². The van der Waals surface area contributed by atoms with E-state index in [1.54, 1.807) is 0 Å². The first-order valence-corrected chi connectivity index (χ1v) is 7.98. The molecular formula is C19H27NO. The molecule has 0 saturated heterocycles. The zero-order valence-electron chi connectivity index (χ0n) is 13.7. The minimum Gasteiger partial charge on any atom is -0.387 e. The molecule has 1 unspecified atom stereocenters. The van der Waals surface area contributed by atoms with Gasteiger partial charge in [0.05, 0.1) is 17.6 Å². The van der Waals surface area contributed by atoms with Crippen molar-refractivity contribution in [3.63, 3.8) is 0 Å². The van der Waals surface area contributed by atoms with Crippen molar-refractivity contribution in [3.05, 3.63) is 35.4 Å². The van der Waals surface area contributed by atoms with E-state index < -0.39 is 11.5 Å². The summed E-state index contributed by atoms with van der Waals surface area (Å²) in [5, 5.41) is 20.4. The van der Waals surface area contributed by atoms with Crippen molar-refractivity contribution in [2.45, 2.75) is 64.9 Å². The van der Waals surface area contributed by atoms with Gasteiger partial charge in [-0.1, -0.05) is 52.0 Å². The number of aliphatic hydroxyl groups is 1. The van der Waals surface area contributed by atoms with E-state index in [4.69, 9.17) is 0 Å². The monoisotopic (exact) mass is 285 g/mol. The highest BCUT2D eigenvalue weighted by atomic mass is 16.3. The Morgan fingerprint density at radius 3 is 2.14 bits per heavy atom. The molecule has 0 bridgehead atoms. The van der Waals surface area contributed by atoms with Crippen molar-refractivity contribution in [2.24, 2.45) is 11.3 Å². The third-order valence-electron chi connectivity index (χ3n) is 5.01. The Balaban J connectivity index is 2.23. The van der Waals surface area contributed by atoms with Crippen LogP contribution in [0.5, 0.6) is 0 Å². The van der Waals surface area contributed by atoms with Crippen LogP contribution < -0.4 is 0 Å². The van der Waals surface area contributed by atoms with Gasteiger partial charge in [-0.15, -0.1) is 0 Å². The summed E-state index contributed by atoms with van der Waals surface area (Å²) in [6, 6.07) is 10.6. The molecule has 0 amide bonds. The smallest absolute Gasteiger partial charge is 0.0976 e. The fourth-order valence-corrected chi connectivity index (χ4v) is 3.21. The topological polar surface area (TPSA) is 44.0 Å². The SMILES string of the molecule is CC1CCC(C#N)(C(O)c2ccc(C(C)(C)C)cc2)CC1. The molecule has 0 aliphatic heterocycles. The maximum Gasteiger partial charge on any atom is 0.0976 e. The molecule has 2 nitrogen and oxygen atoms in total. The molecule has 0 aromatic heterocycles. The zero-order chi connectivity index (χ0) is 15.7. The zero-order valence-corrected chi connectivity index (χ0v) is 13.7. The lowest BCUT2D eigenvalue weighted by Crippen LogP contribution is -2.32. The van der Waals surface area contributed by atoms with Gasteiger partial charge in [-0.3, -0.25) is 0 Å². The van der Waals surface area contributed by atoms with Crippen molar-refractivity contribution in [1.29, 1.82) is 5.26 Å². The Bertz CT molecular complexity index is 510. The average Bonchev–Trinajstić information content (AvgIpc) is 2.47. The Morgan fingerprint density at radius 1 is 1.19 bits per heavy atom. The number of hydrogen-bond donors (Lipinski definition) is 1. The molecule has 1 saturated carbocycles. The molecule has 0 heterocycles. The van der Waals surface area contributed by atoms with Crippen LogP contribution in [0.2, 0.25) is 0 Å². The fraction of sp³-hybridized carbons (Fsp3) is 0.632. The largest absolute Gasteiger partial charge is 0.387 e. The van der Waals surface area contributed by atoms with Gasteiger partial charge >= 0.3 is 0 Å². The molecular weight excluding hydrogens is 258 g/mol. The van der Waals surface area contributed by atoms with Crippen LogP contribution in [0.1, 0.15) is 70.6 Å². The van der Waals surface area contributed by atoms with E-state index in [1.165, 1.54) is 5.56 Å². The van der Waals surface area contributed by atoms with Crippen LogP contribution in [0.3, 0.4) is 0 Å². The third-order valence-corrected chi connectivity index (χ3v) is 5.01. The van der Waals surface area contributed by atoms with Crippen LogP contribution in [-0.4, -0.2) is 5.11 Å². The first kappa shape index (κ1) is 16.0. The molecule has 1 fully saturated rings. The predicted molar refractivity (Wildman–Crippen MR) is 85.8 cm³/mol. The molecule has 2 heteroatoms. The van der Waals surface area contributed by atoms with Crippen molar-refractivity contribution in [1.82, 2.24) is 0 Å². The van der Waals surface area contributed by atoms with Crippen LogP contribution in [0.25, 0.3) is 0 Å².